The molecule has 1 heterocycles. The molecule has 0 fully saturated rings. The smallest absolute Gasteiger partial charge is 0.139 e. The molecule has 0 saturated carbocycles. The molecule has 0 radical (unpaired) electrons. The number of aromatic nitrogens is 2. The van der Waals surface area contributed by atoms with E-state index in [9.17, 15) is 0 Å². The summed E-state index contributed by atoms with van der Waals surface area (Å²) in [6.07, 6.45) is 1.47. The maximum absolute atomic E-state index is 5.91. The molecule has 1 aromatic heterocycles. The number of ether oxygens (including phenoxy) is 1. The Kier molecular flexibility index (Phi) is 3.85. The van der Waals surface area contributed by atoms with Crippen LogP contribution in [0.4, 0.5) is 17.3 Å². The van der Waals surface area contributed by atoms with Crippen molar-refractivity contribution in [1.82, 2.24) is 9.97 Å². The van der Waals surface area contributed by atoms with Crippen LogP contribution in [0.3, 0.4) is 0 Å². The van der Waals surface area contributed by atoms with E-state index in [1.54, 1.807) is 7.11 Å². The lowest BCUT2D eigenvalue weighted by Gasteiger charge is -2.15. The lowest BCUT2D eigenvalue weighted by Crippen LogP contribution is -2.06. The predicted octanol–water partition coefficient (Wildman–Crippen LogP) is 2.93. The summed E-state index contributed by atoms with van der Waals surface area (Å²) in [4.78, 5) is 8.30. The van der Waals surface area contributed by atoms with Crippen molar-refractivity contribution < 1.29 is 4.74 Å². The van der Waals surface area contributed by atoms with Crippen LogP contribution in [0, 0.1) is 0 Å². The van der Waals surface area contributed by atoms with E-state index in [0.717, 1.165) is 22.8 Å². The van der Waals surface area contributed by atoms with Gasteiger partial charge >= 0.3 is 0 Å². The molecule has 0 aliphatic rings. The fourth-order valence-corrected chi connectivity index (χ4v) is 1.89. The van der Waals surface area contributed by atoms with Gasteiger partial charge < -0.3 is 15.8 Å². The van der Waals surface area contributed by atoms with Crippen molar-refractivity contribution in [3.8, 4) is 5.75 Å². The number of anilines is 3. The van der Waals surface area contributed by atoms with Crippen LogP contribution in [-0.4, -0.2) is 17.1 Å². The second-order valence-corrected chi connectivity index (χ2v) is 4.53. The number of nitrogens with one attached hydrogen (secondary N) is 1. The van der Waals surface area contributed by atoms with E-state index in [1.165, 1.54) is 6.33 Å². The zero-order valence-electron chi connectivity index (χ0n) is 11.3. The van der Waals surface area contributed by atoms with Crippen molar-refractivity contribution in [2.45, 2.75) is 19.8 Å². The lowest BCUT2D eigenvalue weighted by molar-refractivity contribution is 0.415. The molecule has 19 heavy (non-hydrogen) atoms. The van der Waals surface area contributed by atoms with Crippen LogP contribution < -0.4 is 15.8 Å². The van der Waals surface area contributed by atoms with Crippen LogP contribution in [0.1, 0.15) is 25.3 Å². The third kappa shape index (κ3) is 2.93. The summed E-state index contributed by atoms with van der Waals surface area (Å²) in [5.74, 6) is 2.33. The molecule has 3 N–H and O–H groups in total. The number of rotatable bonds is 4. The van der Waals surface area contributed by atoms with Gasteiger partial charge in [-0.1, -0.05) is 13.8 Å². The molecule has 5 nitrogen and oxygen atoms in total. The molecule has 0 atom stereocenters. The van der Waals surface area contributed by atoms with Crippen molar-refractivity contribution in [1.29, 1.82) is 0 Å². The first-order valence-electron chi connectivity index (χ1n) is 6.13. The van der Waals surface area contributed by atoms with E-state index in [-0.39, 0.29) is 5.92 Å². The highest BCUT2D eigenvalue weighted by molar-refractivity contribution is 5.65. The van der Waals surface area contributed by atoms with E-state index >= 15 is 0 Å². The fraction of sp³-hybridized carbons (Fsp3) is 0.286. The maximum Gasteiger partial charge on any atom is 0.139 e. The minimum absolute atomic E-state index is 0.252. The molecule has 1 aromatic carbocycles. The zero-order valence-corrected chi connectivity index (χ0v) is 11.3. The summed E-state index contributed by atoms with van der Waals surface area (Å²) in [7, 11) is 1.64. The molecular weight excluding hydrogens is 240 g/mol. The van der Waals surface area contributed by atoms with E-state index < -0.39 is 0 Å². The van der Waals surface area contributed by atoms with Gasteiger partial charge in [-0.3, -0.25) is 0 Å². The SMILES string of the molecule is COc1ccc(Nc2ncnc(N)c2C(C)C)cc1. The number of nitrogens with two attached hydrogens (primary N) is 1. The van der Waals surface area contributed by atoms with E-state index in [2.05, 4.69) is 29.1 Å². The minimum Gasteiger partial charge on any atom is -0.497 e. The Bertz CT molecular complexity index is 552. The molecule has 100 valence electrons. The fourth-order valence-electron chi connectivity index (χ4n) is 1.89. The largest absolute Gasteiger partial charge is 0.497 e. The summed E-state index contributed by atoms with van der Waals surface area (Å²) in [5.41, 5.74) is 7.77. The van der Waals surface area contributed by atoms with Gasteiger partial charge in [-0.25, -0.2) is 9.97 Å². The first-order valence-corrected chi connectivity index (χ1v) is 6.13. The van der Waals surface area contributed by atoms with Gasteiger partial charge in [0.05, 0.1) is 7.11 Å². The molecule has 0 aliphatic heterocycles. The quantitative estimate of drug-likeness (QED) is 0.882. The number of hydrogen-bond donors (Lipinski definition) is 2. The third-order valence-electron chi connectivity index (χ3n) is 2.84. The van der Waals surface area contributed by atoms with Crippen molar-refractivity contribution in [2.24, 2.45) is 0 Å². The van der Waals surface area contributed by atoms with Crippen molar-refractivity contribution in [3.63, 3.8) is 0 Å². The Morgan fingerprint density at radius 2 is 1.84 bits per heavy atom. The monoisotopic (exact) mass is 258 g/mol. The van der Waals surface area contributed by atoms with E-state index in [1.807, 2.05) is 24.3 Å². The lowest BCUT2D eigenvalue weighted by atomic mass is 10.0. The van der Waals surface area contributed by atoms with Gasteiger partial charge in [0.25, 0.3) is 0 Å². The Morgan fingerprint density at radius 1 is 1.16 bits per heavy atom. The van der Waals surface area contributed by atoms with Crippen molar-refractivity contribution in [2.75, 3.05) is 18.2 Å². The Morgan fingerprint density at radius 3 is 2.42 bits per heavy atom. The van der Waals surface area contributed by atoms with Gasteiger partial charge in [0, 0.05) is 11.3 Å². The Hall–Kier alpha value is -2.30. The topological polar surface area (TPSA) is 73.1 Å². The molecule has 0 saturated heterocycles. The van der Waals surface area contributed by atoms with Crippen LogP contribution in [0.5, 0.6) is 5.75 Å². The summed E-state index contributed by atoms with van der Waals surface area (Å²) in [6.45, 7) is 4.13. The zero-order chi connectivity index (χ0) is 13.8. The highest BCUT2D eigenvalue weighted by Crippen LogP contribution is 2.29. The molecule has 2 aromatic rings. The average Bonchev–Trinajstić information content (AvgIpc) is 2.39. The Labute approximate surface area is 112 Å². The standard InChI is InChI=1S/C14H18N4O/c1-9(2)12-13(15)16-8-17-14(12)18-10-4-6-11(19-3)7-5-10/h4-9H,1-3H3,(H3,15,16,17,18). The summed E-state index contributed by atoms with van der Waals surface area (Å²) in [6, 6.07) is 7.65. The minimum atomic E-state index is 0.252. The van der Waals surface area contributed by atoms with Crippen LogP contribution in [-0.2, 0) is 0 Å². The number of benzene rings is 1. The van der Waals surface area contributed by atoms with Crippen molar-refractivity contribution in [3.05, 3.63) is 36.2 Å². The van der Waals surface area contributed by atoms with Gasteiger partial charge in [0.2, 0.25) is 0 Å². The second kappa shape index (κ2) is 5.56. The summed E-state index contributed by atoms with van der Waals surface area (Å²) in [5, 5.41) is 3.26. The Balaban J connectivity index is 2.29. The third-order valence-corrected chi connectivity index (χ3v) is 2.84. The van der Waals surface area contributed by atoms with Gasteiger partial charge in [-0.05, 0) is 30.2 Å². The van der Waals surface area contributed by atoms with Gasteiger partial charge in [-0.2, -0.15) is 0 Å². The molecular formula is C14H18N4O. The number of nitrogens with zero attached hydrogens (tertiary/aromatic N) is 2. The van der Waals surface area contributed by atoms with Gasteiger partial charge in [0.1, 0.15) is 23.7 Å². The molecule has 0 unspecified atom stereocenters. The number of methoxy groups -OCH3 is 1. The van der Waals surface area contributed by atoms with Gasteiger partial charge in [-0.15, -0.1) is 0 Å². The second-order valence-electron chi connectivity index (χ2n) is 4.53. The average molecular weight is 258 g/mol. The summed E-state index contributed by atoms with van der Waals surface area (Å²) < 4.78 is 5.13. The van der Waals surface area contributed by atoms with Crippen LogP contribution in [0.15, 0.2) is 30.6 Å². The number of nitrogen functional groups attached to an aromatic ring is 1. The first-order chi connectivity index (χ1) is 9.11. The van der Waals surface area contributed by atoms with Crippen molar-refractivity contribution >= 4 is 17.3 Å². The predicted molar refractivity (Wildman–Crippen MR) is 76.8 cm³/mol. The first kappa shape index (κ1) is 13.1. The summed E-state index contributed by atoms with van der Waals surface area (Å²) >= 11 is 0. The van der Waals surface area contributed by atoms with E-state index in [4.69, 9.17) is 10.5 Å². The van der Waals surface area contributed by atoms with Crippen LogP contribution in [0.25, 0.3) is 0 Å². The molecule has 5 heteroatoms. The highest BCUT2D eigenvalue weighted by atomic mass is 16.5. The molecule has 2 rings (SSSR count). The number of hydrogen-bond acceptors (Lipinski definition) is 5. The molecule has 0 amide bonds. The van der Waals surface area contributed by atoms with Crippen LogP contribution in [0.2, 0.25) is 0 Å². The highest BCUT2D eigenvalue weighted by Gasteiger charge is 2.12. The van der Waals surface area contributed by atoms with Crippen LogP contribution >= 0.6 is 0 Å². The molecule has 0 bridgehead atoms. The molecule has 0 spiro atoms. The normalized spacial score (nSPS) is 10.5. The van der Waals surface area contributed by atoms with E-state index in [0.29, 0.717) is 5.82 Å². The van der Waals surface area contributed by atoms with Gasteiger partial charge in [0.15, 0.2) is 0 Å². The molecule has 0 aliphatic carbocycles. The maximum atomic E-state index is 5.91.